The second-order valence-electron chi connectivity index (χ2n) is 8.14. The van der Waals surface area contributed by atoms with E-state index in [1.165, 1.54) is 16.9 Å². The van der Waals surface area contributed by atoms with E-state index in [0.29, 0.717) is 17.1 Å². The molecule has 9 heteroatoms. The highest BCUT2D eigenvalue weighted by molar-refractivity contribution is 6.32. The molecule has 1 unspecified atom stereocenters. The van der Waals surface area contributed by atoms with Gasteiger partial charge in [0.25, 0.3) is 0 Å². The molecular formula is C23H29ClN4O4. The highest BCUT2D eigenvalue weighted by atomic mass is 35.5. The first-order valence-corrected chi connectivity index (χ1v) is 11.1. The van der Waals surface area contributed by atoms with Crippen molar-refractivity contribution in [2.75, 3.05) is 27.3 Å². The first-order chi connectivity index (χ1) is 15.3. The molecule has 8 nitrogen and oxygen atoms in total. The molecular weight excluding hydrogens is 432 g/mol. The molecule has 0 aliphatic carbocycles. The highest BCUT2D eigenvalue weighted by Gasteiger charge is 2.54. The smallest absolute Gasteiger partial charge is 0.241 e. The maximum Gasteiger partial charge on any atom is 0.241 e. The normalized spacial score (nSPS) is 18.4. The van der Waals surface area contributed by atoms with Crippen molar-refractivity contribution in [1.82, 2.24) is 20.0 Å². The van der Waals surface area contributed by atoms with Gasteiger partial charge in [-0.15, -0.1) is 0 Å². The molecule has 1 aromatic heterocycles. The maximum atomic E-state index is 13.5. The zero-order valence-electron chi connectivity index (χ0n) is 18.7. The molecule has 0 saturated carbocycles. The molecule has 0 spiro atoms. The summed E-state index contributed by atoms with van der Waals surface area (Å²) in [6.45, 7) is 2.76. The largest absolute Gasteiger partial charge is 0.383 e. The Balaban J connectivity index is 1.86. The van der Waals surface area contributed by atoms with Crippen molar-refractivity contribution in [3.63, 3.8) is 0 Å². The van der Waals surface area contributed by atoms with E-state index in [-0.39, 0.29) is 37.8 Å². The van der Waals surface area contributed by atoms with Crippen molar-refractivity contribution in [3.05, 3.63) is 52.3 Å². The molecule has 2 aromatic rings. The fourth-order valence-electron chi connectivity index (χ4n) is 4.11. The average molecular weight is 461 g/mol. The number of ether oxygens (including phenoxy) is 1. The predicted octanol–water partition coefficient (Wildman–Crippen LogP) is 2.71. The van der Waals surface area contributed by atoms with Crippen molar-refractivity contribution in [2.45, 2.75) is 44.6 Å². The topological polar surface area (TPSA) is 95.6 Å². The van der Waals surface area contributed by atoms with Crippen LogP contribution in [0.4, 0.5) is 0 Å². The number of rotatable bonds is 10. The summed E-state index contributed by atoms with van der Waals surface area (Å²) in [6, 6.07) is 8.83. The van der Waals surface area contributed by atoms with E-state index < -0.39 is 11.3 Å². The second-order valence-corrected chi connectivity index (χ2v) is 8.55. The number of hydrogen-bond donors (Lipinski definition) is 1. The Kier molecular flexibility index (Phi) is 7.69. The number of amides is 3. The van der Waals surface area contributed by atoms with Gasteiger partial charge in [0.2, 0.25) is 17.7 Å². The van der Waals surface area contributed by atoms with E-state index in [1.54, 1.807) is 31.3 Å². The first kappa shape index (κ1) is 23.9. The van der Waals surface area contributed by atoms with Crippen LogP contribution in [0.1, 0.15) is 43.1 Å². The molecule has 1 aromatic carbocycles. The standard InChI is InChI=1S/C23H29ClN4O4/c1-4-7-16-12-17(26-25-16)15-27(2)20(29)13-23(18-8-5-6-9-19(18)24)14-21(30)28(22(23)31)10-11-32-3/h5-6,8-9,12H,4,7,10-11,13-15H2,1-3H3,(H,25,26). The third-order valence-electron chi connectivity index (χ3n) is 5.79. The van der Waals surface area contributed by atoms with Crippen LogP contribution in [0.5, 0.6) is 0 Å². The van der Waals surface area contributed by atoms with Crippen LogP contribution in [-0.4, -0.2) is 65.0 Å². The quantitative estimate of drug-likeness (QED) is 0.550. The van der Waals surface area contributed by atoms with Crippen LogP contribution in [0.3, 0.4) is 0 Å². The van der Waals surface area contributed by atoms with Crippen LogP contribution in [0.2, 0.25) is 5.02 Å². The van der Waals surface area contributed by atoms with Crippen LogP contribution in [0, 0.1) is 0 Å². The molecule has 0 bridgehead atoms. The van der Waals surface area contributed by atoms with Gasteiger partial charge in [-0.25, -0.2) is 0 Å². The fourth-order valence-corrected chi connectivity index (χ4v) is 4.43. The third kappa shape index (κ3) is 4.86. The van der Waals surface area contributed by atoms with Gasteiger partial charge < -0.3 is 9.64 Å². The summed E-state index contributed by atoms with van der Waals surface area (Å²) in [7, 11) is 3.18. The number of nitrogens with one attached hydrogen (secondary N) is 1. The Labute approximate surface area is 192 Å². The number of H-pyrrole nitrogens is 1. The average Bonchev–Trinajstić information content (AvgIpc) is 3.29. The summed E-state index contributed by atoms with van der Waals surface area (Å²) >= 11 is 6.44. The van der Waals surface area contributed by atoms with E-state index >= 15 is 0 Å². The second kappa shape index (κ2) is 10.3. The van der Waals surface area contributed by atoms with Gasteiger partial charge in [-0.1, -0.05) is 43.1 Å². The lowest BCUT2D eigenvalue weighted by Gasteiger charge is -2.29. The van der Waals surface area contributed by atoms with Crippen molar-refractivity contribution in [2.24, 2.45) is 0 Å². The highest BCUT2D eigenvalue weighted by Crippen LogP contribution is 2.43. The number of nitrogens with zero attached hydrogens (tertiary/aromatic N) is 3. The summed E-state index contributed by atoms with van der Waals surface area (Å²) in [5, 5.41) is 7.57. The fraction of sp³-hybridized carbons (Fsp3) is 0.478. The minimum atomic E-state index is -1.34. The molecule has 3 amide bonds. The van der Waals surface area contributed by atoms with E-state index in [9.17, 15) is 14.4 Å². The Bertz CT molecular complexity index is 992. The Morgan fingerprint density at radius 3 is 2.78 bits per heavy atom. The molecule has 1 saturated heterocycles. The van der Waals surface area contributed by atoms with Crippen LogP contribution < -0.4 is 0 Å². The molecule has 0 radical (unpaired) electrons. The van der Waals surface area contributed by atoms with E-state index in [4.69, 9.17) is 16.3 Å². The number of aromatic amines is 1. The number of benzene rings is 1. The molecule has 1 fully saturated rings. The molecule has 1 N–H and O–H groups in total. The zero-order chi connectivity index (χ0) is 23.3. The summed E-state index contributed by atoms with van der Waals surface area (Å²) in [6.07, 6.45) is 1.58. The summed E-state index contributed by atoms with van der Waals surface area (Å²) in [5.74, 6) is -1.01. The Hall–Kier alpha value is -2.71. The monoisotopic (exact) mass is 460 g/mol. The minimum Gasteiger partial charge on any atom is -0.383 e. The zero-order valence-corrected chi connectivity index (χ0v) is 19.4. The van der Waals surface area contributed by atoms with E-state index in [0.717, 1.165) is 24.2 Å². The molecule has 32 heavy (non-hydrogen) atoms. The Morgan fingerprint density at radius 2 is 2.09 bits per heavy atom. The first-order valence-electron chi connectivity index (χ1n) is 10.7. The van der Waals surface area contributed by atoms with E-state index in [2.05, 4.69) is 17.1 Å². The van der Waals surface area contributed by atoms with E-state index in [1.807, 2.05) is 6.07 Å². The van der Waals surface area contributed by atoms with Crippen LogP contribution in [-0.2, 0) is 37.5 Å². The number of aryl methyl sites for hydroxylation is 1. The van der Waals surface area contributed by atoms with Crippen LogP contribution in [0.15, 0.2) is 30.3 Å². The van der Waals surface area contributed by atoms with Gasteiger partial charge >= 0.3 is 0 Å². The van der Waals surface area contributed by atoms with Crippen molar-refractivity contribution >= 4 is 29.3 Å². The molecule has 172 valence electrons. The van der Waals surface area contributed by atoms with Gasteiger partial charge in [-0.2, -0.15) is 5.10 Å². The number of carbonyl (C=O) groups excluding carboxylic acids is 3. The number of halogens is 1. The Morgan fingerprint density at radius 1 is 1.34 bits per heavy atom. The number of imide groups is 1. The number of methoxy groups -OCH3 is 1. The SMILES string of the molecule is CCCc1cc(CN(C)C(=O)CC2(c3ccccc3Cl)CC(=O)N(CCOC)C2=O)[nH]n1. The lowest BCUT2D eigenvalue weighted by atomic mass is 9.75. The van der Waals surface area contributed by atoms with Crippen molar-refractivity contribution in [1.29, 1.82) is 0 Å². The maximum absolute atomic E-state index is 13.5. The molecule has 1 atom stereocenters. The van der Waals surface area contributed by atoms with Crippen LogP contribution in [0.25, 0.3) is 0 Å². The number of carbonyl (C=O) groups is 3. The minimum absolute atomic E-state index is 0.108. The number of aromatic nitrogens is 2. The molecule has 2 heterocycles. The lowest BCUT2D eigenvalue weighted by molar-refractivity contribution is -0.143. The van der Waals surface area contributed by atoms with Gasteiger partial charge in [-0.05, 0) is 24.1 Å². The summed E-state index contributed by atoms with van der Waals surface area (Å²) in [4.78, 5) is 42.2. The van der Waals surface area contributed by atoms with Gasteiger partial charge in [0.15, 0.2) is 0 Å². The molecule has 3 rings (SSSR count). The lowest BCUT2D eigenvalue weighted by Crippen LogP contribution is -2.43. The van der Waals surface area contributed by atoms with Gasteiger partial charge in [0.05, 0.1) is 36.5 Å². The van der Waals surface area contributed by atoms with Gasteiger partial charge in [0.1, 0.15) is 0 Å². The van der Waals surface area contributed by atoms with Crippen LogP contribution >= 0.6 is 11.6 Å². The van der Waals surface area contributed by atoms with Gasteiger partial charge in [-0.3, -0.25) is 24.4 Å². The molecule has 1 aliphatic heterocycles. The van der Waals surface area contributed by atoms with Crippen molar-refractivity contribution < 1.29 is 19.1 Å². The van der Waals surface area contributed by atoms with Crippen molar-refractivity contribution in [3.8, 4) is 0 Å². The molecule has 1 aliphatic rings. The summed E-state index contributed by atoms with van der Waals surface area (Å²) < 4.78 is 5.05. The van der Waals surface area contributed by atoms with Gasteiger partial charge in [0, 0.05) is 32.0 Å². The summed E-state index contributed by atoms with van der Waals surface area (Å²) in [5.41, 5.74) is 0.914. The predicted molar refractivity (Wildman–Crippen MR) is 120 cm³/mol. The third-order valence-corrected chi connectivity index (χ3v) is 6.12. The number of likely N-dealkylation sites (tertiary alicyclic amines) is 1. The number of hydrogen-bond acceptors (Lipinski definition) is 5.